The summed E-state index contributed by atoms with van der Waals surface area (Å²) in [6, 6.07) is 2.35. The molecule has 0 amide bonds. The predicted octanol–water partition coefficient (Wildman–Crippen LogP) is -0.104. The minimum Gasteiger partial charge on any atom is -0.377 e. The highest BCUT2D eigenvalue weighted by atomic mass is 16.5. The quantitative estimate of drug-likeness (QED) is 0.791. The van der Waals surface area contributed by atoms with Crippen LogP contribution >= 0.6 is 0 Å². The molecule has 0 spiro atoms. The smallest absolute Gasteiger partial charge is 0.162 e. The molecule has 18 heavy (non-hydrogen) atoms. The van der Waals surface area contributed by atoms with Gasteiger partial charge in [-0.3, -0.25) is 4.90 Å². The highest BCUT2D eigenvalue weighted by Crippen LogP contribution is 2.13. The van der Waals surface area contributed by atoms with E-state index in [-0.39, 0.29) is 0 Å². The van der Waals surface area contributed by atoms with Crippen molar-refractivity contribution >= 4 is 0 Å². The average molecular weight is 254 g/mol. The van der Waals surface area contributed by atoms with Crippen LogP contribution in [0.25, 0.3) is 0 Å². The number of hydrogen-bond donors (Lipinski definition) is 1. The van der Waals surface area contributed by atoms with Crippen molar-refractivity contribution in [3.8, 4) is 0 Å². The Labute approximate surface area is 108 Å². The molecule has 1 unspecified atom stereocenters. The fourth-order valence-electron chi connectivity index (χ4n) is 2.33. The predicted molar refractivity (Wildman–Crippen MR) is 68.0 cm³/mol. The molecule has 1 aliphatic rings. The maximum atomic E-state index is 5.83. The fraction of sp³-hybridized carbons (Fsp3) is 0.750. The van der Waals surface area contributed by atoms with Gasteiger partial charge >= 0.3 is 0 Å². The van der Waals surface area contributed by atoms with E-state index in [2.05, 4.69) is 22.0 Å². The van der Waals surface area contributed by atoms with Gasteiger partial charge in [0.15, 0.2) is 5.76 Å². The first-order valence-corrected chi connectivity index (χ1v) is 6.29. The monoisotopic (exact) mass is 254 g/mol. The SMILES string of the molecule is COCc1cc(CN2CCN(C)CC2CN)no1. The van der Waals surface area contributed by atoms with E-state index in [0.717, 1.165) is 37.6 Å². The molecule has 1 aromatic heterocycles. The van der Waals surface area contributed by atoms with Crippen molar-refractivity contribution in [1.29, 1.82) is 0 Å². The molecule has 0 saturated carbocycles. The molecule has 6 heteroatoms. The van der Waals surface area contributed by atoms with Crippen molar-refractivity contribution in [2.45, 2.75) is 19.2 Å². The van der Waals surface area contributed by atoms with Gasteiger partial charge in [0.05, 0.1) is 5.69 Å². The largest absolute Gasteiger partial charge is 0.377 e. The van der Waals surface area contributed by atoms with Gasteiger partial charge in [-0.25, -0.2) is 0 Å². The topological polar surface area (TPSA) is 67.8 Å². The van der Waals surface area contributed by atoms with E-state index in [1.54, 1.807) is 7.11 Å². The number of rotatable bonds is 5. The average Bonchev–Trinajstić information content (AvgIpc) is 2.79. The van der Waals surface area contributed by atoms with Crippen LogP contribution in [0.3, 0.4) is 0 Å². The summed E-state index contributed by atoms with van der Waals surface area (Å²) in [6.45, 7) is 5.04. The molecule has 102 valence electrons. The molecule has 2 heterocycles. The second-order valence-electron chi connectivity index (χ2n) is 4.84. The van der Waals surface area contributed by atoms with Crippen LogP contribution in [0.5, 0.6) is 0 Å². The molecule has 1 saturated heterocycles. The Morgan fingerprint density at radius 2 is 2.39 bits per heavy atom. The molecule has 1 aliphatic heterocycles. The van der Waals surface area contributed by atoms with Crippen LogP contribution in [-0.2, 0) is 17.9 Å². The first-order valence-electron chi connectivity index (χ1n) is 6.29. The second kappa shape index (κ2) is 6.29. The Bertz CT molecular complexity index is 369. The van der Waals surface area contributed by atoms with E-state index in [9.17, 15) is 0 Å². The van der Waals surface area contributed by atoms with Gasteiger partial charge in [0.25, 0.3) is 0 Å². The maximum absolute atomic E-state index is 5.83. The van der Waals surface area contributed by atoms with Gasteiger partial charge in [0.1, 0.15) is 6.61 Å². The third kappa shape index (κ3) is 3.29. The summed E-state index contributed by atoms with van der Waals surface area (Å²) in [4.78, 5) is 4.68. The summed E-state index contributed by atoms with van der Waals surface area (Å²) in [6.07, 6.45) is 0. The minimum absolute atomic E-state index is 0.395. The molecule has 1 atom stereocenters. The standard InChI is InChI=1S/C12H22N4O2/c1-15-3-4-16(11(6-13)8-15)7-10-5-12(9-17-2)18-14-10/h5,11H,3-4,6-9,13H2,1-2H3. The molecule has 0 radical (unpaired) electrons. The molecule has 1 fully saturated rings. The number of piperazine rings is 1. The Hall–Kier alpha value is -0.950. The van der Waals surface area contributed by atoms with Crippen LogP contribution in [0.4, 0.5) is 0 Å². The lowest BCUT2D eigenvalue weighted by Gasteiger charge is -2.39. The normalized spacial score (nSPS) is 22.5. The van der Waals surface area contributed by atoms with Crippen molar-refractivity contribution in [3.63, 3.8) is 0 Å². The van der Waals surface area contributed by atoms with Crippen molar-refractivity contribution in [3.05, 3.63) is 17.5 Å². The number of aromatic nitrogens is 1. The summed E-state index contributed by atoms with van der Waals surface area (Å²) in [5.74, 6) is 0.769. The van der Waals surface area contributed by atoms with Crippen LogP contribution in [0.2, 0.25) is 0 Å². The molecule has 0 aromatic carbocycles. The van der Waals surface area contributed by atoms with Crippen LogP contribution < -0.4 is 5.73 Å². The number of likely N-dealkylation sites (N-methyl/N-ethyl adjacent to an activating group) is 1. The highest BCUT2D eigenvalue weighted by molar-refractivity contribution is 5.05. The molecular weight excluding hydrogens is 232 g/mol. The number of nitrogens with zero attached hydrogens (tertiary/aromatic N) is 3. The lowest BCUT2D eigenvalue weighted by molar-refractivity contribution is 0.0859. The van der Waals surface area contributed by atoms with Crippen molar-refractivity contribution in [1.82, 2.24) is 15.0 Å². The van der Waals surface area contributed by atoms with E-state index in [0.29, 0.717) is 19.2 Å². The molecule has 2 rings (SSSR count). The summed E-state index contributed by atoms with van der Waals surface area (Å²) in [7, 11) is 3.78. The van der Waals surface area contributed by atoms with E-state index < -0.39 is 0 Å². The first-order chi connectivity index (χ1) is 8.72. The number of hydrogen-bond acceptors (Lipinski definition) is 6. The maximum Gasteiger partial charge on any atom is 0.162 e. The van der Waals surface area contributed by atoms with E-state index in [4.69, 9.17) is 15.0 Å². The first kappa shape index (κ1) is 13.5. The fourth-order valence-corrected chi connectivity index (χ4v) is 2.33. The van der Waals surface area contributed by atoms with Gasteiger partial charge in [-0.05, 0) is 7.05 Å². The molecule has 0 bridgehead atoms. The van der Waals surface area contributed by atoms with Gasteiger partial charge in [-0.15, -0.1) is 0 Å². The summed E-state index contributed by atoms with van der Waals surface area (Å²) in [5.41, 5.74) is 6.78. The summed E-state index contributed by atoms with van der Waals surface area (Å²) < 4.78 is 10.2. The van der Waals surface area contributed by atoms with Gasteiger partial charge in [0, 0.05) is 51.9 Å². The highest BCUT2D eigenvalue weighted by Gasteiger charge is 2.24. The van der Waals surface area contributed by atoms with E-state index in [1.807, 2.05) is 6.07 Å². The zero-order valence-corrected chi connectivity index (χ0v) is 11.1. The number of ether oxygens (including phenoxy) is 1. The van der Waals surface area contributed by atoms with Crippen molar-refractivity contribution in [2.24, 2.45) is 5.73 Å². The Balaban J connectivity index is 1.94. The lowest BCUT2D eigenvalue weighted by atomic mass is 10.1. The second-order valence-corrected chi connectivity index (χ2v) is 4.84. The van der Waals surface area contributed by atoms with Crippen molar-refractivity contribution in [2.75, 3.05) is 40.3 Å². The van der Waals surface area contributed by atoms with Gasteiger partial charge < -0.3 is 19.9 Å². The lowest BCUT2D eigenvalue weighted by Crippen LogP contribution is -2.54. The van der Waals surface area contributed by atoms with Crippen molar-refractivity contribution < 1.29 is 9.26 Å². The van der Waals surface area contributed by atoms with Gasteiger partial charge in [-0.1, -0.05) is 5.16 Å². The Morgan fingerprint density at radius 1 is 1.56 bits per heavy atom. The van der Waals surface area contributed by atoms with E-state index >= 15 is 0 Å². The van der Waals surface area contributed by atoms with Crippen LogP contribution in [0.15, 0.2) is 10.6 Å². The number of methoxy groups -OCH3 is 1. The summed E-state index contributed by atoms with van der Waals surface area (Å²) in [5, 5.41) is 4.07. The van der Waals surface area contributed by atoms with Crippen LogP contribution in [0, 0.1) is 0 Å². The molecule has 1 aromatic rings. The van der Waals surface area contributed by atoms with E-state index in [1.165, 1.54) is 0 Å². The Kier molecular flexibility index (Phi) is 4.71. The minimum atomic E-state index is 0.395. The van der Waals surface area contributed by atoms with Gasteiger partial charge in [0.2, 0.25) is 0 Å². The zero-order valence-electron chi connectivity index (χ0n) is 11.1. The third-order valence-electron chi connectivity index (χ3n) is 3.34. The number of nitrogens with two attached hydrogens (primary N) is 1. The zero-order chi connectivity index (χ0) is 13.0. The third-order valence-corrected chi connectivity index (χ3v) is 3.34. The molecule has 2 N–H and O–H groups in total. The Morgan fingerprint density at radius 3 is 3.11 bits per heavy atom. The molecular formula is C12H22N4O2. The van der Waals surface area contributed by atoms with Gasteiger partial charge in [-0.2, -0.15) is 0 Å². The molecule has 6 nitrogen and oxygen atoms in total. The van der Waals surface area contributed by atoms with Crippen LogP contribution in [0.1, 0.15) is 11.5 Å². The summed E-state index contributed by atoms with van der Waals surface area (Å²) >= 11 is 0. The molecule has 0 aliphatic carbocycles. The van der Waals surface area contributed by atoms with Crippen LogP contribution in [-0.4, -0.2) is 61.3 Å².